The summed E-state index contributed by atoms with van der Waals surface area (Å²) >= 11 is 6.21. The molecule has 1 spiro atoms. The third-order valence-corrected chi connectivity index (χ3v) is 9.41. The average molecular weight is 628 g/mol. The van der Waals surface area contributed by atoms with Gasteiger partial charge in [0.1, 0.15) is 12.1 Å². The van der Waals surface area contributed by atoms with Crippen LogP contribution < -0.4 is 16.0 Å². The molecule has 4 aliphatic rings. The van der Waals surface area contributed by atoms with Crippen LogP contribution in [0.15, 0.2) is 29.4 Å². The first-order valence-electron chi connectivity index (χ1n) is 15.4. The third kappa shape index (κ3) is 6.92. The molecule has 11 nitrogen and oxygen atoms in total. The highest BCUT2D eigenvalue weighted by Crippen LogP contribution is 2.41. The fraction of sp³-hybridized carbons (Fsp3) is 0.625. The van der Waals surface area contributed by atoms with Crippen molar-refractivity contribution in [1.82, 2.24) is 20.9 Å². The molecule has 238 valence electrons. The number of Topliss-reactive ketones (excluding diaryl/α,β-unsaturated/α-hetero) is 1. The molecule has 2 aliphatic carbocycles. The van der Waals surface area contributed by atoms with Crippen molar-refractivity contribution >= 4 is 46.7 Å². The van der Waals surface area contributed by atoms with Crippen molar-refractivity contribution in [3.8, 4) is 0 Å². The van der Waals surface area contributed by atoms with Gasteiger partial charge in [0, 0.05) is 36.4 Å². The second kappa shape index (κ2) is 12.1. The van der Waals surface area contributed by atoms with E-state index in [2.05, 4.69) is 21.1 Å². The molecule has 5 rings (SSSR count). The molecule has 0 bridgehead atoms. The van der Waals surface area contributed by atoms with Gasteiger partial charge in [-0.05, 0) is 42.2 Å². The van der Waals surface area contributed by atoms with Crippen LogP contribution in [0.2, 0.25) is 5.02 Å². The number of rotatable bonds is 10. The first-order valence-corrected chi connectivity index (χ1v) is 15.8. The van der Waals surface area contributed by atoms with Crippen molar-refractivity contribution in [3.05, 3.63) is 34.9 Å². The Hall–Kier alpha value is -3.47. The van der Waals surface area contributed by atoms with Gasteiger partial charge >= 0.3 is 0 Å². The van der Waals surface area contributed by atoms with Gasteiger partial charge in [0.05, 0.1) is 18.3 Å². The monoisotopic (exact) mass is 627 g/mol. The number of amides is 4. The van der Waals surface area contributed by atoms with Crippen LogP contribution in [0.25, 0.3) is 0 Å². The molecule has 2 saturated carbocycles. The van der Waals surface area contributed by atoms with E-state index in [1.165, 1.54) is 11.9 Å². The van der Waals surface area contributed by atoms with Crippen molar-refractivity contribution in [3.63, 3.8) is 0 Å². The van der Waals surface area contributed by atoms with E-state index >= 15 is 0 Å². The Morgan fingerprint density at radius 1 is 1.14 bits per heavy atom. The molecule has 0 aromatic heterocycles. The standard InChI is InChI=1S/C32H42ClN5O6/c1-17-11-21(17)27(40)36-26(31(2,3)4)30(43)38-16-32(14-23(37-44-32)19-7-6-8-20(33)13-19)15-24(38)28(41)35-22(12-18-9-10-18)25(39)29(42)34-5/h6-8,13,17-18,21-22,24,26H,9-12,14-16H2,1-5H3,(H,34,42)(H,35,41)(H,36,40)/t17?,21?,22-,24-,26+,32+/m0/s1. The largest absolute Gasteiger partial charge is 0.387 e. The predicted octanol–water partition coefficient (Wildman–Crippen LogP) is 2.59. The highest BCUT2D eigenvalue weighted by molar-refractivity contribution is 6.38. The number of nitrogens with one attached hydrogen (secondary N) is 3. The van der Waals surface area contributed by atoms with E-state index in [1.54, 1.807) is 12.1 Å². The van der Waals surface area contributed by atoms with Gasteiger partial charge in [-0.25, -0.2) is 0 Å². The smallest absolute Gasteiger partial charge is 0.289 e. The van der Waals surface area contributed by atoms with E-state index in [4.69, 9.17) is 16.4 Å². The summed E-state index contributed by atoms with van der Waals surface area (Å²) in [6.45, 7) is 7.65. The van der Waals surface area contributed by atoms with Crippen molar-refractivity contribution in [1.29, 1.82) is 0 Å². The molecule has 2 heterocycles. The van der Waals surface area contributed by atoms with Crippen LogP contribution in [0.1, 0.15) is 71.8 Å². The maximum Gasteiger partial charge on any atom is 0.289 e. The molecule has 2 unspecified atom stereocenters. The van der Waals surface area contributed by atoms with Gasteiger partial charge in [0.25, 0.3) is 5.91 Å². The van der Waals surface area contributed by atoms with Gasteiger partial charge in [-0.1, -0.05) is 69.4 Å². The van der Waals surface area contributed by atoms with E-state index in [-0.39, 0.29) is 36.6 Å². The number of carbonyl (C=O) groups excluding carboxylic acids is 5. The Morgan fingerprint density at radius 2 is 1.84 bits per heavy atom. The second-order valence-corrected chi connectivity index (χ2v) is 14.4. The molecule has 12 heteroatoms. The van der Waals surface area contributed by atoms with E-state index < -0.39 is 52.6 Å². The maximum absolute atomic E-state index is 14.4. The molecule has 3 fully saturated rings. The van der Waals surface area contributed by atoms with Gasteiger partial charge in [-0.2, -0.15) is 0 Å². The van der Waals surface area contributed by atoms with Crippen LogP contribution in [0.3, 0.4) is 0 Å². The number of hydrogen-bond donors (Lipinski definition) is 3. The first-order chi connectivity index (χ1) is 20.7. The number of likely N-dealkylation sites (tertiary alicyclic amines) is 1. The summed E-state index contributed by atoms with van der Waals surface area (Å²) in [6.07, 6.45) is 3.42. The Morgan fingerprint density at radius 3 is 2.43 bits per heavy atom. The van der Waals surface area contributed by atoms with Gasteiger partial charge in [0.15, 0.2) is 5.60 Å². The number of nitrogens with zero attached hydrogens (tertiary/aromatic N) is 2. The van der Waals surface area contributed by atoms with Crippen LogP contribution in [0, 0.1) is 23.2 Å². The summed E-state index contributed by atoms with van der Waals surface area (Å²) in [7, 11) is 1.37. The minimum absolute atomic E-state index is 0.0520. The zero-order valence-electron chi connectivity index (χ0n) is 25.9. The van der Waals surface area contributed by atoms with Gasteiger partial charge in [-0.15, -0.1) is 0 Å². The lowest BCUT2D eigenvalue weighted by Gasteiger charge is -2.35. The number of oxime groups is 1. The van der Waals surface area contributed by atoms with Crippen LogP contribution in [-0.4, -0.2) is 77.3 Å². The lowest BCUT2D eigenvalue weighted by atomic mass is 9.85. The number of carbonyl (C=O) groups is 5. The van der Waals surface area contributed by atoms with Crippen molar-refractivity contribution in [2.75, 3.05) is 13.6 Å². The zero-order chi connectivity index (χ0) is 32.0. The van der Waals surface area contributed by atoms with E-state index in [1.807, 2.05) is 39.8 Å². The topological polar surface area (TPSA) is 146 Å². The number of hydrogen-bond acceptors (Lipinski definition) is 7. The zero-order valence-corrected chi connectivity index (χ0v) is 26.7. The maximum atomic E-state index is 14.4. The Labute approximate surface area is 262 Å². The van der Waals surface area contributed by atoms with Crippen LogP contribution in [0.4, 0.5) is 0 Å². The molecular formula is C32H42ClN5O6. The quantitative estimate of drug-likeness (QED) is 0.340. The molecular weight excluding hydrogens is 586 g/mol. The molecule has 1 aromatic rings. The Balaban J connectivity index is 1.42. The highest BCUT2D eigenvalue weighted by atomic mass is 35.5. The summed E-state index contributed by atoms with van der Waals surface area (Å²) in [5.41, 5.74) is -0.238. The van der Waals surface area contributed by atoms with Crippen molar-refractivity contribution in [2.24, 2.45) is 28.3 Å². The molecule has 0 radical (unpaired) electrons. The lowest BCUT2D eigenvalue weighted by molar-refractivity contribution is -0.145. The van der Waals surface area contributed by atoms with Crippen molar-refractivity contribution in [2.45, 2.75) is 89.9 Å². The third-order valence-electron chi connectivity index (χ3n) is 9.18. The fourth-order valence-corrected chi connectivity index (χ4v) is 6.36. The molecule has 6 atom stereocenters. The fourth-order valence-electron chi connectivity index (χ4n) is 6.17. The number of ketones is 1. The summed E-state index contributed by atoms with van der Waals surface area (Å²) in [5, 5.41) is 13.0. The van der Waals surface area contributed by atoms with E-state index in [0.717, 1.165) is 24.8 Å². The minimum Gasteiger partial charge on any atom is -0.387 e. The molecule has 4 amide bonds. The van der Waals surface area contributed by atoms with E-state index in [0.29, 0.717) is 23.6 Å². The highest BCUT2D eigenvalue weighted by Gasteiger charge is 2.56. The summed E-state index contributed by atoms with van der Waals surface area (Å²) in [4.78, 5) is 74.0. The molecule has 1 aromatic carbocycles. The predicted molar refractivity (Wildman–Crippen MR) is 164 cm³/mol. The average Bonchev–Trinajstić information content (AvgIpc) is 3.86. The van der Waals surface area contributed by atoms with Gasteiger partial charge in [-0.3, -0.25) is 24.0 Å². The van der Waals surface area contributed by atoms with Crippen LogP contribution in [0.5, 0.6) is 0 Å². The summed E-state index contributed by atoms with van der Waals surface area (Å²) in [6, 6.07) is 4.28. The minimum atomic E-state index is -1.02. The number of benzene rings is 1. The molecule has 2 aliphatic heterocycles. The van der Waals surface area contributed by atoms with Crippen molar-refractivity contribution < 1.29 is 28.8 Å². The second-order valence-electron chi connectivity index (χ2n) is 14.0. The summed E-state index contributed by atoms with van der Waals surface area (Å²) < 4.78 is 0. The molecule has 3 N–H and O–H groups in total. The first kappa shape index (κ1) is 31.9. The normalized spacial score (nSPS) is 27.2. The lowest BCUT2D eigenvalue weighted by Crippen LogP contribution is -2.59. The molecule has 44 heavy (non-hydrogen) atoms. The van der Waals surface area contributed by atoms with Gasteiger partial charge in [0.2, 0.25) is 23.5 Å². The van der Waals surface area contributed by atoms with Gasteiger partial charge < -0.3 is 25.7 Å². The van der Waals surface area contributed by atoms with E-state index in [9.17, 15) is 24.0 Å². The van der Waals surface area contributed by atoms with Crippen LogP contribution in [-0.2, 0) is 28.8 Å². The van der Waals surface area contributed by atoms with Crippen LogP contribution >= 0.6 is 11.6 Å². The molecule has 1 saturated heterocycles. The Bertz CT molecular complexity index is 1390. The number of likely N-dealkylation sites (N-methyl/N-ethyl adjacent to an activating group) is 1. The number of halogens is 1. The summed E-state index contributed by atoms with van der Waals surface area (Å²) in [5.74, 6) is -2.27. The SMILES string of the molecule is CNC(=O)C(=O)[C@H](CC1CC1)NC(=O)[C@@H]1C[C@]2(CC(c3cccc(Cl)c3)=NO2)CN1C(=O)[C@@H](NC(=O)C1CC1C)C(C)(C)C. The Kier molecular flexibility index (Phi) is 8.81.